The molecule has 0 fully saturated rings. The number of aromatic amines is 1. The molecule has 0 aliphatic carbocycles. The molecule has 5 aromatic rings. The predicted octanol–water partition coefficient (Wildman–Crippen LogP) is 3.57. The minimum Gasteiger partial charge on any atom is -0.505 e. The molecule has 0 saturated carbocycles. The number of nitro groups is 1. The number of phenolic OH excluding ortho intramolecular Hbond substituents is 2. The zero-order chi connectivity index (χ0) is 45.6. The van der Waals surface area contributed by atoms with Gasteiger partial charge in [-0.05, 0) is 41.8 Å². The van der Waals surface area contributed by atoms with Gasteiger partial charge in [0.05, 0.1) is 29.1 Å². The third kappa shape index (κ3) is 9.42. The van der Waals surface area contributed by atoms with Crippen molar-refractivity contribution in [1.82, 2.24) is 9.78 Å². The fourth-order valence-corrected chi connectivity index (χ4v) is 7.70. The van der Waals surface area contributed by atoms with Crippen molar-refractivity contribution in [3.63, 3.8) is 0 Å². The third-order valence-corrected chi connectivity index (χ3v) is 11.2. The highest BCUT2D eigenvalue weighted by atomic mass is 32.2. The van der Waals surface area contributed by atoms with Crippen LogP contribution in [-0.2, 0) is 47.0 Å². The van der Waals surface area contributed by atoms with Crippen molar-refractivity contribution in [3.05, 3.63) is 74.7 Å². The molecule has 1 aromatic heterocycles. The highest BCUT2D eigenvalue weighted by molar-refractivity contribution is 7.86. The van der Waals surface area contributed by atoms with E-state index in [1.54, 1.807) is 0 Å². The van der Waals surface area contributed by atoms with Crippen molar-refractivity contribution >= 4 is 97.0 Å². The van der Waals surface area contributed by atoms with Crippen LogP contribution < -0.4 is 5.56 Å². The number of benzene rings is 4. The van der Waals surface area contributed by atoms with Crippen molar-refractivity contribution in [1.29, 1.82) is 0 Å². The second-order valence-electron chi connectivity index (χ2n) is 11.6. The summed E-state index contributed by atoms with van der Waals surface area (Å²) >= 11 is 0. The van der Waals surface area contributed by atoms with Gasteiger partial charge < -0.3 is 20.4 Å². The number of H-pyrrole nitrogens is 1. The largest absolute Gasteiger partial charge is 0.505 e. The number of fused-ring (bicyclic) bond motifs is 1. The summed E-state index contributed by atoms with van der Waals surface area (Å²) < 4.78 is 138. The molecule has 0 saturated heterocycles. The Labute approximate surface area is 337 Å². The van der Waals surface area contributed by atoms with Gasteiger partial charge in [0, 0.05) is 12.1 Å². The molecule has 0 unspecified atom stereocenters. The van der Waals surface area contributed by atoms with E-state index in [0.717, 1.165) is 12.1 Å². The number of phenols is 2. The highest BCUT2D eigenvalue weighted by Crippen LogP contribution is 2.50. The van der Waals surface area contributed by atoms with E-state index in [0.29, 0.717) is 41.1 Å². The first-order valence-corrected chi connectivity index (χ1v) is 21.2. The monoisotopic (exact) mass is 931 g/mol. The number of nitrogens with one attached hydrogen (secondary N) is 1. The normalized spacial score (nSPS) is 12.9. The van der Waals surface area contributed by atoms with Crippen LogP contribution in [0.1, 0.15) is 10.5 Å². The molecule has 0 bridgehead atoms. The van der Waals surface area contributed by atoms with Gasteiger partial charge >= 0.3 is 5.97 Å². The zero-order valence-corrected chi connectivity index (χ0v) is 32.5. The molecule has 61 heavy (non-hydrogen) atoms. The van der Waals surface area contributed by atoms with E-state index in [-0.39, 0.29) is 6.54 Å². The zero-order valence-electron chi connectivity index (χ0n) is 29.2. The van der Waals surface area contributed by atoms with Crippen molar-refractivity contribution < 1.29 is 82.0 Å². The third-order valence-electron chi connectivity index (χ3n) is 7.71. The first-order valence-electron chi connectivity index (χ1n) is 15.5. The Bertz CT molecular complexity index is 3320. The topological polar surface area (TPSA) is 471 Å². The number of non-ortho nitro benzene ring substituents is 1. The number of aromatic hydroxyl groups is 2. The molecular weight excluding hydrogens is 911 g/mol. The SMILES string of the molecule is O=C(O)c1[nH]n(CCO)c(=O)c1N=Nc1ccc(N=Nc2c(S(=O)(=O)O)cc3cc(S(=O)(=O)O)c(N=Nc4ccc([N+](=O)[O-])cc4S(=O)(=O)O)c(O)c3c2O)c(S(=O)(=O)O)c1. The molecular formula is C28H21N9O20S4. The summed E-state index contributed by atoms with van der Waals surface area (Å²) in [5.74, 6) is -4.67. The number of hydrogen-bond acceptors (Lipinski definition) is 21. The molecule has 9 N–H and O–H groups in total. The van der Waals surface area contributed by atoms with Crippen molar-refractivity contribution in [2.24, 2.45) is 30.7 Å². The van der Waals surface area contributed by atoms with Crippen molar-refractivity contribution in [2.45, 2.75) is 26.1 Å². The van der Waals surface area contributed by atoms with Crippen LogP contribution in [0.3, 0.4) is 0 Å². The standard InChI is InChI=1S/C28H21N9O20S4/c38-6-5-36-27(41)23(24(35-36)28(42)43)34-29-12-1-3-14(16(9-12)58(46,47)48)30-32-21-18(60(52,53)54)7-11-8-19(61(55,56)57)22(26(40)20(11)25(21)39)33-31-15-4-2-13(37(44)45)10-17(15)59(49,50)51/h1-4,7-10,35,38-40H,5-6H2,(H,42,43)(H,46,47,48)(H,49,50,51)(H,52,53,54)(H,55,56,57). The molecule has 0 spiro atoms. The Balaban J connectivity index is 1.71. The second-order valence-corrected chi connectivity index (χ2v) is 17.2. The molecule has 0 atom stereocenters. The molecule has 33 heteroatoms. The summed E-state index contributed by atoms with van der Waals surface area (Å²) in [7, 11) is -21.7. The number of aromatic nitrogens is 2. The van der Waals surface area contributed by atoms with Gasteiger partial charge in [-0.3, -0.25) is 38.2 Å². The smallest absolute Gasteiger partial charge is 0.356 e. The van der Waals surface area contributed by atoms with Crippen LogP contribution >= 0.6 is 0 Å². The van der Waals surface area contributed by atoms with E-state index in [9.17, 15) is 86.9 Å². The maximum atomic E-state index is 12.5. The average molecular weight is 932 g/mol. The van der Waals surface area contributed by atoms with Crippen LogP contribution in [0.15, 0.2) is 104 Å². The van der Waals surface area contributed by atoms with E-state index in [4.69, 9.17) is 5.11 Å². The maximum Gasteiger partial charge on any atom is 0.356 e. The van der Waals surface area contributed by atoms with Gasteiger partial charge in [0.25, 0.3) is 51.7 Å². The van der Waals surface area contributed by atoms with Gasteiger partial charge in [0.1, 0.15) is 42.3 Å². The molecule has 5 rings (SSSR count). The number of aliphatic hydroxyl groups is 1. The summed E-state index contributed by atoms with van der Waals surface area (Å²) in [5, 5.41) is 73.2. The van der Waals surface area contributed by atoms with E-state index >= 15 is 0 Å². The Morgan fingerprint density at radius 2 is 1.13 bits per heavy atom. The number of hydrogen-bond donors (Lipinski definition) is 9. The molecule has 1 heterocycles. The van der Waals surface area contributed by atoms with Crippen molar-refractivity contribution in [2.75, 3.05) is 6.61 Å². The number of aliphatic hydroxyl groups excluding tert-OH is 1. The van der Waals surface area contributed by atoms with E-state index in [2.05, 4.69) is 35.8 Å². The van der Waals surface area contributed by atoms with E-state index in [1.807, 2.05) is 0 Å². The molecule has 0 radical (unpaired) electrons. The van der Waals surface area contributed by atoms with Gasteiger partial charge in [0.2, 0.25) is 0 Å². The Morgan fingerprint density at radius 1 is 0.672 bits per heavy atom. The molecule has 4 aromatic carbocycles. The van der Waals surface area contributed by atoms with Gasteiger partial charge in [-0.25, -0.2) is 9.48 Å². The van der Waals surface area contributed by atoms with Crippen LogP contribution in [-0.4, -0.2) is 99.6 Å². The minimum absolute atomic E-state index is 0.331. The predicted molar refractivity (Wildman–Crippen MR) is 198 cm³/mol. The molecule has 0 aliphatic heterocycles. The van der Waals surface area contributed by atoms with Gasteiger partial charge in [-0.2, -0.15) is 38.8 Å². The fraction of sp³-hybridized carbons (Fsp3) is 0.0714. The maximum absolute atomic E-state index is 12.5. The second kappa shape index (κ2) is 16.2. The van der Waals surface area contributed by atoms with Crippen molar-refractivity contribution in [3.8, 4) is 11.5 Å². The lowest BCUT2D eigenvalue weighted by Gasteiger charge is -2.13. The van der Waals surface area contributed by atoms with Crippen LogP contribution in [0, 0.1) is 10.1 Å². The van der Waals surface area contributed by atoms with Crippen LogP contribution in [0.2, 0.25) is 0 Å². The van der Waals surface area contributed by atoms with Crippen LogP contribution in [0.25, 0.3) is 10.8 Å². The van der Waals surface area contributed by atoms with E-state index < -0.39 is 151 Å². The average Bonchev–Trinajstić information content (AvgIpc) is 3.45. The molecule has 322 valence electrons. The van der Waals surface area contributed by atoms with Gasteiger partial charge in [-0.1, -0.05) is 0 Å². The first kappa shape index (κ1) is 45.1. The summed E-state index contributed by atoms with van der Waals surface area (Å²) in [4.78, 5) is 29.0. The number of carbonyl (C=O) groups is 1. The number of carboxylic acids is 1. The number of rotatable bonds is 14. The fourth-order valence-electron chi connectivity index (χ4n) is 5.10. The Morgan fingerprint density at radius 3 is 1.57 bits per heavy atom. The van der Waals surface area contributed by atoms with Gasteiger partial charge in [-0.15, -0.1) is 25.6 Å². The van der Waals surface area contributed by atoms with Crippen LogP contribution in [0.4, 0.5) is 39.8 Å². The quantitative estimate of drug-likeness (QED) is 0.0332. The number of aromatic carboxylic acids is 1. The summed E-state index contributed by atoms with van der Waals surface area (Å²) in [5.41, 5.74) is -8.45. The summed E-state index contributed by atoms with van der Waals surface area (Å²) in [6.07, 6.45) is 0. The lowest BCUT2D eigenvalue weighted by atomic mass is 10.1. The highest BCUT2D eigenvalue weighted by Gasteiger charge is 2.30. The van der Waals surface area contributed by atoms with E-state index in [1.165, 1.54) is 0 Å². The molecule has 29 nitrogen and oxygen atoms in total. The lowest BCUT2D eigenvalue weighted by molar-refractivity contribution is -0.385. The molecule has 0 aliphatic rings. The number of azo groups is 3. The number of carboxylic acid groups (broad SMARTS) is 1. The molecule has 0 amide bonds. The Kier molecular flexibility index (Phi) is 12.0. The lowest BCUT2D eigenvalue weighted by Crippen LogP contribution is -2.18. The minimum atomic E-state index is -5.55. The van der Waals surface area contributed by atoms with Gasteiger partial charge in [0.15, 0.2) is 22.9 Å². The summed E-state index contributed by atoms with van der Waals surface area (Å²) in [6, 6.07) is 4.55. The van der Waals surface area contributed by atoms with Crippen LogP contribution in [0.5, 0.6) is 11.5 Å². The first-order chi connectivity index (χ1) is 28.1. The number of nitrogens with zero attached hydrogens (tertiary/aromatic N) is 8. The summed E-state index contributed by atoms with van der Waals surface area (Å²) in [6.45, 7) is -0.972. The number of nitro benzene ring substituents is 1. The Hall–Kier alpha value is -6.98.